The monoisotopic (exact) mass is 355 g/mol. The van der Waals surface area contributed by atoms with E-state index >= 15 is 0 Å². The van der Waals surface area contributed by atoms with Gasteiger partial charge in [-0.05, 0) is 42.5 Å². The number of carbonyl (C=O) groups excluding carboxylic acids is 2. The van der Waals surface area contributed by atoms with Crippen molar-refractivity contribution in [1.82, 2.24) is 10.6 Å². The van der Waals surface area contributed by atoms with Gasteiger partial charge >= 0.3 is 6.03 Å². The highest BCUT2D eigenvalue weighted by molar-refractivity contribution is 6.31. The van der Waals surface area contributed by atoms with Crippen LogP contribution in [0.3, 0.4) is 0 Å². The molecule has 3 amide bonds. The van der Waals surface area contributed by atoms with E-state index in [-0.39, 0.29) is 18.0 Å². The summed E-state index contributed by atoms with van der Waals surface area (Å²) in [5, 5.41) is 9.40. The van der Waals surface area contributed by atoms with E-state index in [1.807, 2.05) is 30.3 Å². The highest BCUT2D eigenvalue weighted by Gasteiger charge is 2.32. The summed E-state index contributed by atoms with van der Waals surface area (Å²) in [6.07, 6.45) is 1.76. The van der Waals surface area contributed by atoms with Gasteiger partial charge in [0.25, 0.3) is 5.91 Å². The lowest BCUT2D eigenvalue weighted by atomic mass is 9.76. The first-order valence-electron chi connectivity index (χ1n) is 8.34. The molecule has 5 nitrogen and oxygen atoms in total. The average molecular weight is 356 g/mol. The van der Waals surface area contributed by atoms with Crippen molar-refractivity contribution in [1.29, 1.82) is 0 Å². The molecule has 1 aliphatic heterocycles. The van der Waals surface area contributed by atoms with Crippen LogP contribution in [0.25, 0.3) is 0 Å². The van der Waals surface area contributed by atoms with Crippen molar-refractivity contribution in [2.45, 2.75) is 31.3 Å². The summed E-state index contributed by atoms with van der Waals surface area (Å²) in [6, 6.07) is 13.1. The number of halogens is 1. The first-order chi connectivity index (χ1) is 12.1. The lowest BCUT2D eigenvalue weighted by Gasteiger charge is -2.36. The minimum absolute atomic E-state index is 0.0966. The van der Waals surface area contributed by atoms with Gasteiger partial charge in [0.1, 0.15) is 0 Å². The van der Waals surface area contributed by atoms with E-state index in [0.717, 1.165) is 29.0 Å². The molecule has 6 heteroatoms. The van der Waals surface area contributed by atoms with Crippen LogP contribution in [-0.4, -0.2) is 18.0 Å². The molecule has 0 bridgehead atoms. The zero-order valence-electron chi connectivity index (χ0n) is 13.5. The standard InChI is InChI=1S/C19H18ClN3O2/c20-16-6-2-1-4-13(16)11-8-12(9-11)22-19(25)23-17-7-3-5-14-15(17)10-21-18(14)24/h1-7,11-12H,8-10H2,(H,21,24)(H2,22,23,25). The molecule has 4 rings (SSSR count). The smallest absolute Gasteiger partial charge is 0.319 e. The van der Waals surface area contributed by atoms with E-state index in [0.29, 0.717) is 23.7 Å². The normalized spacial score (nSPS) is 21.1. The second-order valence-corrected chi connectivity index (χ2v) is 6.91. The molecule has 0 radical (unpaired) electrons. The van der Waals surface area contributed by atoms with Crippen LogP contribution >= 0.6 is 11.6 Å². The van der Waals surface area contributed by atoms with Gasteiger partial charge in [-0.15, -0.1) is 0 Å². The molecule has 128 valence electrons. The molecule has 1 fully saturated rings. The second kappa shape index (κ2) is 6.41. The molecule has 2 aromatic rings. The van der Waals surface area contributed by atoms with E-state index in [1.165, 1.54) is 0 Å². The van der Waals surface area contributed by atoms with Crippen LogP contribution in [0.1, 0.15) is 40.2 Å². The molecular weight excluding hydrogens is 338 g/mol. The van der Waals surface area contributed by atoms with Crippen LogP contribution in [0.2, 0.25) is 5.02 Å². The van der Waals surface area contributed by atoms with Crippen molar-refractivity contribution < 1.29 is 9.59 Å². The third-order valence-electron chi connectivity index (χ3n) is 4.91. The van der Waals surface area contributed by atoms with Crippen molar-refractivity contribution in [3.05, 3.63) is 64.2 Å². The van der Waals surface area contributed by atoms with Gasteiger partial charge in [0.2, 0.25) is 0 Å². The van der Waals surface area contributed by atoms with Crippen LogP contribution in [0.4, 0.5) is 10.5 Å². The third kappa shape index (κ3) is 3.07. The molecule has 1 saturated carbocycles. The van der Waals surface area contributed by atoms with E-state index in [2.05, 4.69) is 16.0 Å². The zero-order chi connectivity index (χ0) is 17.4. The fourth-order valence-corrected chi connectivity index (χ4v) is 3.80. The van der Waals surface area contributed by atoms with Crippen molar-refractivity contribution in [2.75, 3.05) is 5.32 Å². The number of amides is 3. The molecule has 25 heavy (non-hydrogen) atoms. The fourth-order valence-electron chi connectivity index (χ4n) is 3.51. The van der Waals surface area contributed by atoms with Gasteiger partial charge in [-0.2, -0.15) is 0 Å². The SMILES string of the molecule is O=C(Nc1cccc2c1CNC2=O)NC1CC(c2ccccc2Cl)C1. The van der Waals surface area contributed by atoms with Gasteiger partial charge in [-0.1, -0.05) is 35.9 Å². The molecule has 0 atom stereocenters. The number of nitrogens with one attached hydrogen (secondary N) is 3. The highest BCUT2D eigenvalue weighted by Crippen LogP contribution is 2.39. The Morgan fingerprint density at radius 1 is 1.12 bits per heavy atom. The molecule has 0 saturated heterocycles. The number of rotatable bonds is 3. The zero-order valence-corrected chi connectivity index (χ0v) is 14.3. The first kappa shape index (κ1) is 16.0. The Balaban J connectivity index is 1.34. The summed E-state index contributed by atoms with van der Waals surface area (Å²) in [6.45, 7) is 0.447. The predicted molar refractivity (Wildman–Crippen MR) is 97.0 cm³/mol. The van der Waals surface area contributed by atoms with Gasteiger partial charge in [0, 0.05) is 34.4 Å². The van der Waals surface area contributed by atoms with Gasteiger partial charge < -0.3 is 16.0 Å². The number of carbonyl (C=O) groups is 2. The Hall–Kier alpha value is -2.53. The topological polar surface area (TPSA) is 70.2 Å². The summed E-state index contributed by atoms with van der Waals surface area (Å²) in [4.78, 5) is 23.9. The minimum Gasteiger partial charge on any atom is -0.348 e. The van der Waals surface area contributed by atoms with Crippen LogP contribution in [0.5, 0.6) is 0 Å². The maximum Gasteiger partial charge on any atom is 0.319 e. The van der Waals surface area contributed by atoms with Gasteiger partial charge in [0.15, 0.2) is 0 Å². The van der Waals surface area contributed by atoms with E-state index < -0.39 is 0 Å². The Morgan fingerprint density at radius 2 is 1.92 bits per heavy atom. The summed E-state index contributed by atoms with van der Waals surface area (Å²) < 4.78 is 0. The van der Waals surface area contributed by atoms with E-state index in [9.17, 15) is 9.59 Å². The highest BCUT2D eigenvalue weighted by atomic mass is 35.5. The second-order valence-electron chi connectivity index (χ2n) is 6.50. The number of hydrogen-bond donors (Lipinski definition) is 3. The molecule has 0 unspecified atom stereocenters. The van der Waals surface area contributed by atoms with Crippen molar-refractivity contribution in [3.63, 3.8) is 0 Å². The minimum atomic E-state index is -0.240. The largest absolute Gasteiger partial charge is 0.348 e. The van der Waals surface area contributed by atoms with Crippen molar-refractivity contribution in [3.8, 4) is 0 Å². The Bertz CT molecular complexity index is 846. The molecule has 1 aliphatic carbocycles. The number of hydrogen-bond acceptors (Lipinski definition) is 2. The van der Waals surface area contributed by atoms with Crippen LogP contribution in [-0.2, 0) is 6.54 Å². The molecule has 0 spiro atoms. The number of benzene rings is 2. The van der Waals surface area contributed by atoms with Gasteiger partial charge in [-0.25, -0.2) is 4.79 Å². The molecule has 2 aromatic carbocycles. The summed E-state index contributed by atoms with van der Waals surface area (Å²) in [5.41, 5.74) is 3.29. The van der Waals surface area contributed by atoms with Crippen LogP contribution in [0, 0.1) is 0 Å². The molecule has 0 aromatic heterocycles. The Morgan fingerprint density at radius 3 is 2.72 bits per heavy atom. The van der Waals surface area contributed by atoms with E-state index in [1.54, 1.807) is 12.1 Å². The Kier molecular flexibility index (Phi) is 4.09. The van der Waals surface area contributed by atoms with Crippen molar-refractivity contribution >= 4 is 29.2 Å². The van der Waals surface area contributed by atoms with Crippen LogP contribution < -0.4 is 16.0 Å². The number of urea groups is 1. The van der Waals surface area contributed by atoms with Gasteiger partial charge in [0.05, 0.1) is 0 Å². The average Bonchev–Trinajstić information content (AvgIpc) is 2.94. The molecule has 1 heterocycles. The predicted octanol–water partition coefficient (Wildman–Crippen LogP) is 3.65. The third-order valence-corrected chi connectivity index (χ3v) is 5.26. The lowest BCUT2D eigenvalue weighted by molar-refractivity contribution is 0.0965. The van der Waals surface area contributed by atoms with Gasteiger partial charge in [-0.3, -0.25) is 4.79 Å². The van der Waals surface area contributed by atoms with Crippen LogP contribution in [0.15, 0.2) is 42.5 Å². The lowest BCUT2D eigenvalue weighted by Crippen LogP contribution is -2.45. The number of anilines is 1. The maximum atomic E-state index is 12.3. The molecular formula is C19H18ClN3O2. The first-order valence-corrected chi connectivity index (χ1v) is 8.71. The summed E-state index contributed by atoms with van der Waals surface area (Å²) >= 11 is 6.23. The van der Waals surface area contributed by atoms with E-state index in [4.69, 9.17) is 11.6 Å². The molecule has 3 N–H and O–H groups in total. The fraction of sp³-hybridized carbons (Fsp3) is 0.263. The number of fused-ring (bicyclic) bond motifs is 1. The summed E-state index contributed by atoms with van der Waals surface area (Å²) in [7, 11) is 0. The quantitative estimate of drug-likeness (QED) is 0.786. The molecule has 2 aliphatic rings. The Labute approximate surface area is 150 Å². The maximum absolute atomic E-state index is 12.3. The van der Waals surface area contributed by atoms with Crippen molar-refractivity contribution in [2.24, 2.45) is 0 Å². The summed E-state index contributed by atoms with van der Waals surface area (Å²) in [5.74, 6) is 0.294.